The molecule has 0 fully saturated rings. The lowest BCUT2D eigenvalue weighted by Crippen LogP contribution is -2.30. The molecule has 0 aliphatic carbocycles. The van der Waals surface area contributed by atoms with Crippen LogP contribution in [0, 0.1) is 11.8 Å². The second-order valence-corrected chi connectivity index (χ2v) is 17.5. The van der Waals surface area contributed by atoms with Gasteiger partial charge in [-0.3, -0.25) is 14.4 Å². The summed E-state index contributed by atoms with van der Waals surface area (Å²) >= 11 is 0. The van der Waals surface area contributed by atoms with Gasteiger partial charge >= 0.3 is 17.9 Å². The molecule has 0 aromatic carbocycles. The highest BCUT2D eigenvalue weighted by molar-refractivity contribution is 5.71. The molecule has 0 bridgehead atoms. The maximum Gasteiger partial charge on any atom is 0.306 e. The van der Waals surface area contributed by atoms with Gasteiger partial charge in [-0.2, -0.15) is 0 Å². The molecule has 0 amide bonds. The maximum atomic E-state index is 12.7. The standard InChI is InChI=1S/C49H94O6/c1-6-8-9-27-34-39-47(50)53-42-46(43-54-48(51)40-35-30-26-22-23-28-32-37-44(3)4)55-49(52)41-36-31-25-21-19-17-15-13-11-10-12-14-16-18-20-24-29-33-38-45(5)7-2/h44-46H,6-43H2,1-5H3/t45?,46-/m1/s1. The predicted octanol–water partition coefficient (Wildman–Crippen LogP) is 15.4. The quantitative estimate of drug-likeness (QED) is 0.0348. The molecule has 326 valence electrons. The van der Waals surface area contributed by atoms with Gasteiger partial charge in [-0.1, -0.05) is 227 Å². The average Bonchev–Trinajstić information content (AvgIpc) is 3.17. The van der Waals surface area contributed by atoms with Crippen molar-refractivity contribution in [1.29, 1.82) is 0 Å². The van der Waals surface area contributed by atoms with Crippen LogP contribution < -0.4 is 0 Å². The number of hydrogen-bond acceptors (Lipinski definition) is 6. The van der Waals surface area contributed by atoms with E-state index in [2.05, 4.69) is 34.6 Å². The summed E-state index contributed by atoms with van der Waals surface area (Å²) in [4.78, 5) is 37.5. The van der Waals surface area contributed by atoms with E-state index in [1.54, 1.807) is 0 Å². The second-order valence-electron chi connectivity index (χ2n) is 17.5. The predicted molar refractivity (Wildman–Crippen MR) is 233 cm³/mol. The summed E-state index contributed by atoms with van der Waals surface area (Å²) in [6.07, 6.45) is 41.3. The van der Waals surface area contributed by atoms with Gasteiger partial charge in [0, 0.05) is 19.3 Å². The fourth-order valence-electron chi connectivity index (χ4n) is 7.25. The third kappa shape index (κ3) is 41.9. The third-order valence-electron chi connectivity index (χ3n) is 11.3. The molecular weight excluding hydrogens is 685 g/mol. The molecule has 0 rings (SSSR count). The molecule has 1 unspecified atom stereocenters. The molecule has 0 aromatic rings. The average molecular weight is 779 g/mol. The summed E-state index contributed by atoms with van der Waals surface area (Å²) in [5.41, 5.74) is 0. The summed E-state index contributed by atoms with van der Waals surface area (Å²) in [6, 6.07) is 0. The summed E-state index contributed by atoms with van der Waals surface area (Å²) in [5, 5.41) is 0. The van der Waals surface area contributed by atoms with Crippen molar-refractivity contribution < 1.29 is 28.6 Å². The molecule has 0 aliphatic rings. The molecule has 2 atom stereocenters. The van der Waals surface area contributed by atoms with E-state index in [9.17, 15) is 14.4 Å². The summed E-state index contributed by atoms with van der Waals surface area (Å²) < 4.78 is 16.6. The Morgan fingerprint density at radius 3 is 1.04 bits per heavy atom. The van der Waals surface area contributed by atoms with E-state index in [1.807, 2.05) is 0 Å². The van der Waals surface area contributed by atoms with Crippen LogP contribution in [0.2, 0.25) is 0 Å². The minimum Gasteiger partial charge on any atom is -0.462 e. The maximum absolute atomic E-state index is 12.7. The Morgan fingerprint density at radius 1 is 0.382 bits per heavy atom. The molecule has 6 nitrogen and oxygen atoms in total. The monoisotopic (exact) mass is 779 g/mol. The minimum atomic E-state index is -0.759. The van der Waals surface area contributed by atoms with Crippen molar-refractivity contribution in [3.05, 3.63) is 0 Å². The number of carbonyl (C=O) groups is 3. The van der Waals surface area contributed by atoms with Crippen molar-refractivity contribution in [2.75, 3.05) is 13.2 Å². The fraction of sp³-hybridized carbons (Fsp3) is 0.939. The summed E-state index contributed by atoms with van der Waals surface area (Å²) in [5.74, 6) is 0.820. The topological polar surface area (TPSA) is 78.9 Å². The van der Waals surface area contributed by atoms with Crippen LogP contribution in [0.15, 0.2) is 0 Å². The Hall–Kier alpha value is -1.59. The molecule has 0 radical (unpaired) electrons. The lowest BCUT2D eigenvalue weighted by molar-refractivity contribution is -0.167. The SMILES string of the molecule is CCCCCCCC(=O)OC[C@H](COC(=O)CCCCCCCCCC(C)C)OC(=O)CCCCCCCCCCCCCCCCCCCCC(C)CC. The van der Waals surface area contributed by atoms with E-state index in [-0.39, 0.29) is 31.1 Å². The third-order valence-corrected chi connectivity index (χ3v) is 11.3. The first-order valence-electron chi connectivity index (χ1n) is 24.3. The number of rotatable bonds is 43. The van der Waals surface area contributed by atoms with Gasteiger partial charge in [0.25, 0.3) is 0 Å². The van der Waals surface area contributed by atoms with Crippen molar-refractivity contribution in [2.45, 2.75) is 272 Å². The highest BCUT2D eigenvalue weighted by Crippen LogP contribution is 2.18. The minimum absolute atomic E-state index is 0.0664. The Balaban J connectivity index is 4.05. The number of unbranched alkanes of at least 4 members (excludes halogenated alkanes) is 27. The largest absolute Gasteiger partial charge is 0.462 e. The second kappa shape index (κ2) is 42.0. The van der Waals surface area contributed by atoms with E-state index >= 15 is 0 Å². The Kier molecular flexibility index (Phi) is 40.8. The van der Waals surface area contributed by atoms with Crippen LogP contribution in [0.5, 0.6) is 0 Å². The summed E-state index contributed by atoms with van der Waals surface area (Å²) in [7, 11) is 0. The van der Waals surface area contributed by atoms with Crippen molar-refractivity contribution in [3.63, 3.8) is 0 Å². The van der Waals surface area contributed by atoms with E-state index in [1.165, 1.54) is 148 Å². The normalized spacial score (nSPS) is 12.5. The van der Waals surface area contributed by atoms with E-state index in [0.29, 0.717) is 19.3 Å². The number of hydrogen-bond donors (Lipinski definition) is 0. The van der Waals surface area contributed by atoms with Crippen molar-refractivity contribution >= 4 is 17.9 Å². The van der Waals surface area contributed by atoms with E-state index < -0.39 is 6.10 Å². The molecule has 6 heteroatoms. The van der Waals surface area contributed by atoms with Gasteiger partial charge < -0.3 is 14.2 Å². The van der Waals surface area contributed by atoms with Crippen LogP contribution in [0.1, 0.15) is 266 Å². The number of ether oxygens (including phenoxy) is 3. The molecule has 0 saturated heterocycles. The Morgan fingerprint density at radius 2 is 0.691 bits per heavy atom. The van der Waals surface area contributed by atoms with Crippen LogP contribution in [0.3, 0.4) is 0 Å². The van der Waals surface area contributed by atoms with Gasteiger partial charge in [0.2, 0.25) is 0 Å². The first-order chi connectivity index (χ1) is 26.8. The smallest absolute Gasteiger partial charge is 0.306 e. The number of carbonyl (C=O) groups excluding carboxylic acids is 3. The lowest BCUT2D eigenvalue weighted by Gasteiger charge is -2.18. The van der Waals surface area contributed by atoms with Crippen molar-refractivity contribution in [1.82, 2.24) is 0 Å². The first kappa shape index (κ1) is 53.4. The fourth-order valence-corrected chi connectivity index (χ4v) is 7.25. The molecule has 0 aromatic heterocycles. The summed E-state index contributed by atoms with van der Waals surface area (Å²) in [6.45, 7) is 11.3. The first-order valence-corrected chi connectivity index (χ1v) is 24.3. The highest BCUT2D eigenvalue weighted by atomic mass is 16.6. The van der Waals surface area contributed by atoms with Crippen LogP contribution in [-0.2, 0) is 28.6 Å². The molecule has 0 spiro atoms. The zero-order chi connectivity index (χ0) is 40.5. The zero-order valence-corrected chi connectivity index (χ0v) is 37.6. The Labute approximate surface area is 342 Å². The number of esters is 3. The van der Waals surface area contributed by atoms with Gasteiger partial charge in [-0.25, -0.2) is 0 Å². The zero-order valence-electron chi connectivity index (χ0n) is 37.6. The molecule has 0 heterocycles. The van der Waals surface area contributed by atoms with E-state index in [0.717, 1.165) is 76.0 Å². The van der Waals surface area contributed by atoms with Crippen molar-refractivity contribution in [3.8, 4) is 0 Å². The van der Waals surface area contributed by atoms with Gasteiger partial charge in [0.05, 0.1) is 0 Å². The molecule has 0 N–H and O–H groups in total. The van der Waals surface area contributed by atoms with Gasteiger partial charge in [-0.05, 0) is 31.1 Å². The van der Waals surface area contributed by atoms with Crippen molar-refractivity contribution in [2.24, 2.45) is 11.8 Å². The van der Waals surface area contributed by atoms with Gasteiger partial charge in [0.1, 0.15) is 13.2 Å². The molecular formula is C49H94O6. The lowest BCUT2D eigenvalue weighted by atomic mass is 9.99. The van der Waals surface area contributed by atoms with Gasteiger partial charge in [-0.15, -0.1) is 0 Å². The molecule has 55 heavy (non-hydrogen) atoms. The van der Waals surface area contributed by atoms with Gasteiger partial charge in [0.15, 0.2) is 6.10 Å². The Bertz CT molecular complexity index is 841. The molecule has 0 aliphatic heterocycles. The van der Waals surface area contributed by atoms with Crippen LogP contribution in [-0.4, -0.2) is 37.2 Å². The van der Waals surface area contributed by atoms with Crippen LogP contribution >= 0.6 is 0 Å². The van der Waals surface area contributed by atoms with E-state index in [4.69, 9.17) is 14.2 Å². The molecule has 0 saturated carbocycles. The van der Waals surface area contributed by atoms with Crippen LogP contribution in [0.4, 0.5) is 0 Å². The highest BCUT2D eigenvalue weighted by Gasteiger charge is 2.19. The van der Waals surface area contributed by atoms with Crippen LogP contribution in [0.25, 0.3) is 0 Å².